The molecule has 5 nitrogen and oxygen atoms in total. The first-order valence-electron chi connectivity index (χ1n) is 9.18. The summed E-state index contributed by atoms with van der Waals surface area (Å²) in [4.78, 5) is 0. The van der Waals surface area contributed by atoms with E-state index in [1.54, 1.807) is 36.4 Å². The maximum absolute atomic E-state index is 12.3. The standard InChI is InChI=1S/C21H24Cl3FO5/c1-21(2,30-17-5-3-16(4-6-17)28-12-15(27)10-25)13-7-18(23)20(19(24)8-13)29-11-14(26)9-22/h3-8,14-15,26-27H,9-12H2,1-2H3. The lowest BCUT2D eigenvalue weighted by Crippen LogP contribution is -2.25. The lowest BCUT2D eigenvalue weighted by atomic mass is 9.97. The van der Waals surface area contributed by atoms with Gasteiger partial charge in [-0.05, 0) is 55.8 Å². The number of alkyl halides is 2. The second kappa shape index (κ2) is 11.3. The molecule has 2 unspecified atom stereocenters. The van der Waals surface area contributed by atoms with Crippen LogP contribution in [-0.2, 0) is 5.60 Å². The minimum absolute atomic E-state index is 0.0288. The van der Waals surface area contributed by atoms with Gasteiger partial charge in [0.25, 0.3) is 0 Å². The van der Waals surface area contributed by atoms with Crippen LogP contribution < -0.4 is 14.2 Å². The van der Waals surface area contributed by atoms with Crippen LogP contribution in [-0.4, -0.2) is 48.2 Å². The largest absolute Gasteiger partial charge is 0.491 e. The lowest BCUT2D eigenvalue weighted by molar-refractivity contribution is 0.0839. The molecule has 0 aromatic heterocycles. The van der Waals surface area contributed by atoms with Crippen LogP contribution in [0.1, 0.15) is 19.4 Å². The molecule has 0 bridgehead atoms. The van der Waals surface area contributed by atoms with E-state index in [4.69, 9.17) is 49.0 Å². The molecule has 2 aromatic carbocycles. The zero-order valence-electron chi connectivity index (χ0n) is 16.6. The molecule has 30 heavy (non-hydrogen) atoms. The summed E-state index contributed by atoms with van der Waals surface area (Å²) in [6.45, 7) is 2.69. The van der Waals surface area contributed by atoms with Crippen molar-refractivity contribution < 1.29 is 28.8 Å². The van der Waals surface area contributed by atoms with Gasteiger partial charge in [-0.2, -0.15) is 0 Å². The van der Waals surface area contributed by atoms with Gasteiger partial charge in [0, 0.05) is 0 Å². The summed E-state index contributed by atoms with van der Waals surface area (Å²) in [7, 11) is 0. The molecule has 2 rings (SSSR count). The number of aliphatic hydroxyl groups excluding tert-OH is 2. The van der Waals surface area contributed by atoms with Crippen molar-refractivity contribution in [1.29, 1.82) is 0 Å². The van der Waals surface area contributed by atoms with Crippen molar-refractivity contribution in [1.82, 2.24) is 0 Å². The van der Waals surface area contributed by atoms with Crippen LogP contribution in [0.15, 0.2) is 36.4 Å². The van der Waals surface area contributed by atoms with E-state index in [2.05, 4.69) is 0 Å². The molecule has 2 N–H and O–H groups in total. The number of hydrogen-bond acceptors (Lipinski definition) is 5. The zero-order valence-corrected chi connectivity index (χ0v) is 18.8. The first kappa shape index (κ1) is 24.8. The topological polar surface area (TPSA) is 68.2 Å². The van der Waals surface area contributed by atoms with E-state index in [0.29, 0.717) is 17.1 Å². The van der Waals surface area contributed by atoms with Gasteiger partial charge in [0.15, 0.2) is 5.75 Å². The molecule has 2 aromatic rings. The van der Waals surface area contributed by atoms with Gasteiger partial charge >= 0.3 is 0 Å². The van der Waals surface area contributed by atoms with Crippen molar-refractivity contribution in [3.8, 4) is 17.2 Å². The van der Waals surface area contributed by atoms with E-state index in [1.807, 2.05) is 13.8 Å². The van der Waals surface area contributed by atoms with Crippen LogP contribution in [0.5, 0.6) is 17.2 Å². The molecule has 0 aliphatic carbocycles. The SMILES string of the molecule is CC(C)(Oc1ccc(OCC(O)CF)cc1)c1cc(Cl)c(OCC(O)CCl)c(Cl)c1. The highest BCUT2D eigenvalue weighted by molar-refractivity contribution is 6.37. The molecule has 0 saturated carbocycles. The Kier molecular flexibility index (Phi) is 9.31. The van der Waals surface area contributed by atoms with E-state index < -0.39 is 24.5 Å². The van der Waals surface area contributed by atoms with Gasteiger partial charge in [0.05, 0.1) is 15.9 Å². The molecule has 0 radical (unpaired) electrons. The second-order valence-electron chi connectivity index (χ2n) is 7.09. The Bertz CT molecular complexity index is 794. The van der Waals surface area contributed by atoms with Crippen LogP contribution in [0.3, 0.4) is 0 Å². The van der Waals surface area contributed by atoms with E-state index in [9.17, 15) is 14.6 Å². The molecule has 0 fully saturated rings. The fraction of sp³-hybridized carbons (Fsp3) is 0.429. The Morgan fingerprint density at radius 2 is 1.47 bits per heavy atom. The highest BCUT2D eigenvalue weighted by Crippen LogP contribution is 2.39. The maximum atomic E-state index is 12.3. The van der Waals surface area contributed by atoms with E-state index in [-0.39, 0.29) is 34.9 Å². The predicted octanol–water partition coefficient (Wildman–Crippen LogP) is 5.00. The minimum atomic E-state index is -1.15. The van der Waals surface area contributed by atoms with Gasteiger partial charge in [-0.1, -0.05) is 23.2 Å². The van der Waals surface area contributed by atoms with Crippen LogP contribution >= 0.6 is 34.8 Å². The molecule has 9 heteroatoms. The monoisotopic (exact) mass is 480 g/mol. The average Bonchev–Trinajstić information content (AvgIpc) is 2.71. The van der Waals surface area contributed by atoms with Gasteiger partial charge in [-0.25, -0.2) is 4.39 Å². The predicted molar refractivity (Wildman–Crippen MR) is 116 cm³/mol. The smallest absolute Gasteiger partial charge is 0.156 e. The summed E-state index contributed by atoms with van der Waals surface area (Å²) in [5.41, 5.74) is -0.0667. The van der Waals surface area contributed by atoms with Crippen LogP contribution in [0.2, 0.25) is 10.0 Å². The third-order valence-corrected chi connectivity index (χ3v) is 5.03. The average molecular weight is 482 g/mol. The normalized spacial score (nSPS) is 13.6. The first-order valence-corrected chi connectivity index (χ1v) is 10.5. The number of benzene rings is 2. The fourth-order valence-electron chi connectivity index (χ4n) is 2.46. The zero-order chi connectivity index (χ0) is 22.3. The van der Waals surface area contributed by atoms with Gasteiger partial charge in [-0.15, -0.1) is 11.6 Å². The van der Waals surface area contributed by atoms with Crippen molar-refractivity contribution in [2.24, 2.45) is 0 Å². The van der Waals surface area contributed by atoms with Crippen LogP contribution in [0, 0.1) is 0 Å². The van der Waals surface area contributed by atoms with Gasteiger partial charge in [0.2, 0.25) is 0 Å². The molecule has 0 saturated heterocycles. The van der Waals surface area contributed by atoms with Crippen molar-refractivity contribution in [3.63, 3.8) is 0 Å². The number of rotatable bonds is 11. The van der Waals surface area contributed by atoms with Crippen molar-refractivity contribution in [3.05, 3.63) is 52.0 Å². The summed E-state index contributed by atoms with van der Waals surface area (Å²) in [5, 5.41) is 19.3. The number of halogens is 4. The number of ether oxygens (including phenoxy) is 3. The van der Waals surface area contributed by atoms with Crippen LogP contribution in [0.4, 0.5) is 4.39 Å². The van der Waals surface area contributed by atoms with E-state index in [1.165, 1.54) is 0 Å². The van der Waals surface area contributed by atoms with E-state index >= 15 is 0 Å². The molecule has 0 spiro atoms. The second-order valence-corrected chi connectivity index (χ2v) is 8.21. The molecule has 166 valence electrons. The Morgan fingerprint density at radius 1 is 0.933 bits per heavy atom. The maximum Gasteiger partial charge on any atom is 0.156 e. The van der Waals surface area contributed by atoms with Crippen molar-refractivity contribution >= 4 is 34.8 Å². The summed E-state index contributed by atoms with van der Waals surface area (Å²) in [5.74, 6) is 1.35. The lowest BCUT2D eigenvalue weighted by Gasteiger charge is -2.28. The first-order chi connectivity index (χ1) is 14.2. The number of hydrogen-bond donors (Lipinski definition) is 2. The third kappa shape index (κ3) is 7.06. The molecular weight excluding hydrogens is 458 g/mol. The van der Waals surface area contributed by atoms with E-state index in [0.717, 1.165) is 0 Å². The summed E-state index contributed by atoms with van der Waals surface area (Å²) in [6.07, 6.45) is -1.98. The highest BCUT2D eigenvalue weighted by Gasteiger charge is 2.26. The van der Waals surface area contributed by atoms with Crippen LogP contribution in [0.25, 0.3) is 0 Å². The summed E-state index contributed by atoms with van der Waals surface area (Å²) < 4.78 is 29.1. The quantitative estimate of drug-likeness (QED) is 0.442. The summed E-state index contributed by atoms with van der Waals surface area (Å²) >= 11 is 18.2. The number of aliphatic hydroxyl groups is 2. The molecule has 0 heterocycles. The van der Waals surface area contributed by atoms with Crippen molar-refractivity contribution in [2.45, 2.75) is 31.7 Å². The Hall–Kier alpha value is -1.44. The summed E-state index contributed by atoms with van der Waals surface area (Å²) in [6, 6.07) is 10.1. The molecule has 0 amide bonds. The highest BCUT2D eigenvalue weighted by atomic mass is 35.5. The molecule has 0 aliphatic rings. The fourth-order valence-corrected chi connectivity index (χ4v) is 3.15. The Balaban J connectivity index is 2.09. The van der Waals surface area contributed by atoms with Gasteiger partial charge in [0.1, 0.15) is 49.2 Å². The molecule has 2 atom stereocenters. The minimum Gasteiger partial charge on any atom is -0.491 e. The molecular formula is C21H24Cl3FO5. The molecule has 0 aliphatic heterocycles. The third-order valence-electron chi connectivity index (χ3n) is 4.11. The Morgan fingerprint density at radius 3 is 2.00 bits per heavy atom. The van der Waals surface area contributed by atoms with Gasteiger partial charge < -0.3 is 24.4 Å². The van der Waals surface area contributed by atoms with Gasteiger partial charge in [-0.3, -0.25) is 0 Å². The Labute approximate surface area is 190 Å². The van der Waals surface area contributed by atoms with Crippen molar-refractivity contribution in [2.75, 3.05) is 25.8 Å².